The van der Waals surface area contributed by atoms with Gasteiger partial charge in [-0.3, -0.25) is 14.9 Å². The van der Waals surface area contributed by atoms with Crippen molar-refractivity contribution in [3.05, 3.63) is 82.4 Å². The lowest BCUT2D eigenvalue weighted by Crippen LogP contribution is -2.43. The van der Waals surface area contributed by atoms with Gasteiger partial charge in [0.05, 0.1) is 17.0 Å². The molecule has 9 heteroatoms. The number of carbonyl (C=O) groups is 1. The predicted molar refractivity (Wildman–Crippen MR) is 110 cm³/mol. The molecular formula is C21H23N5O4. The number of hydrogen-bond donors (Lipinski definition) is 1. The molecule has 156 valence electrons. The van der Waals surface area contributed by atoms with E-state index in [0.717, 1.165) is 11.1 Å². The molecule has 0 aliphatic heterocycles. The highest BCUT2D eigenvalue weighted by Gasteiger charge is 2.26. The van der Waals surface area contributed by atoms with Crippen molar-refractivity contribution in [2.45, 2.75) is 32.4 Å². The molecule has 9 nitrogen and oxygen atoms in total. The minimum absolute atomic E-state index is 0.0355. The fraction of sp³-hybridized carbons (Fsp3) is 0.286. The van der Waals surface area contributed by atoms with Crippen molar-refractivity contribution >= 4 is 11.6 Å². The number of nitrogens with zero attached hydrogens (tertiary/aromatic N) is 4. The maximum atomic E-state index is 12.5. The van der Waals surface area contributed by atoms with Crippen molar-refractivity contribution in [3.8, 4) is 5.75 Å². The molecule has 2 atom stereocenters. The van der Waals surface area contributed by atoms with E-state index in [1.165, 1.54) is 30.6 Å². The minimum atomic E-state index is -0.488. The van der Waals surface area contributed by atoms with E-state index in [2.05, 4.69) is 15.4 Å². The third kappa shape index (κ3) is 5.19. The van der Waals surface area contributed by atoms with Crippen molar-refractivity contribution in [3.63, 3.8) is 0 Å². The van der Waals surface area contributed by atoms with Crippen LogP contribution >= 0.6 is 0 Å². The second-order valence-corrected chi connectivity index (χ2v) is 6.85. The van der Waals surface area contributed by atoms with Crippen molar-refractivity contribution in [1.82, 2.24) is 20.1 Å². The van der Waals surface area contributed by atoms with Crippen molar-refractivity contribution in [2.24, 2.45) is 0 Å². The summed E-state index contributed by atoms with van der Waals surface area (Å²) >= 11 is 0. The molecule has 2 aromatic carbocycles. The number of nitrogens with one attached hydrogen (secondary N) is 1. The lowest BCUT2D eigenvalue weighted by Gasteiger charge is -2.27. The Morgan fingerprint density at radius 2 is 1.90 bits per heavy atom. The highest BCUT2D eigenvalue weighted by Crippen LogP contribution is 2.24. The first kappa shape index (κ1) is 21.0. The van der Waals surface area contributed by atoms with Gasteiger partial charge >= 0.3 is 0 Å². The minimum Gasteiger partial charge on any atom is -0.484 e. The van der Waals surface area contributed by atoms with Crippen LogP contribution in [0.25, 0.3) is 0 Å². The number of nitro groups is 1. The molecule has 3 rings (SSSR count). The average molecular weight is 409 g/mol. The molecule has 30 heavy (non-hydrogen) atoms. The van der Waals surface area contributed by atoms with Crippen LogP contribution in [0.4, 0.5) is 5.69 Å². The van der Waals surface area contributed by atoms with Crippen molar-refractivity contribution in [2.75, 3.05) is 6.61 Å². The maximum absolute atomic E-state index is 12.5. The number of hydrogen-bond acceptors (Lipinski definition) is 6. The topological polar surface area (TPSA) is 112 Å². The van der Waals surface area contributed by atoms with E-state index in [1.807, 2.05) is 38.1 Å². The van der Waals surface area contributed by atoms with Gasteiger partial charge in [-0.1, -0.05) is 36.8 Å². The van der Waals surface area contributed by atoms with Crippen LogP contribution in [0, 0.1) is 17.0 Å². The molecule has 0 unspecified atom stereocenters. The zero-order valence-electron chi connectivity index (χ0n) is 16.8. The van der Waals surface area contributed by atoms with E-state index < -0.39 is 4.92 Å². The molecule has 1 N–H and O–H groups in total. The van der Waals surface area contributed by atoms with Gasteiger partial charge in [-0.05, 0) is 31.0 Å². The average Bonchev–Trinajstić information content (AvgIpc) is 3.27. The van der Waals surface area contributed by atoms with E-state index in [0.29, 0.717) is 12.2 Å². The van der Waals surface area contributed by atoms with Crippen LogP contribution in [0.5, 0.6) is 5.75 Å². The second kappa shape index (κ2) is 9.64. The summed E-state index contributed by atoms with van der Waals surface area (Å²) in [6, 6.07) is 13.2. The van der Waals surface area contributed by atoms with Gasteiger partial charge in [0.2, 0.25) is 0 Å². The van der Waals surface area contributed by atoms with Crippen LogP contribution in [-0.2, 0) is 4.79 Å². The quantitative estimate of drug-likeness (QED) is 0.429. The Morgan fingerprint density at radius 1 is 1.20 bits per heavy atom. The first-order valence-corrected chi connectivity index (χ1v) is 9.55. The molecule has 0 spiro atoms. The molecule has 1 amide bonds. The summed E-state index contributed by atoms with van der Waals surface area (Å²) in [6.07, 6.45) is 3.77. The molecule has 0 bridgehead atoms. The van der Waals surface area contributed by atoms with Gasteiger partial charge in [-0.2, -0.15) is 5.10 Å². The predicted octanol–water partition coefficient (Wildman–Crippen LogP) is 3.06. The molecule has 0 saturated heterocycles. The number of non-ortho nitro benzene ring substituents is 1. The summed E-state index contributed by atoms with van der Waals surface area (Å²) in [5, 5.41) is 18.0. The molecule has 0 aliphatic carbocycles. The lowest BCUT2D eigenvalue weighted by molar-refractivity contribution is -0.384. The summed E-state index contributed by atoms with van der Waals surface area (Å²) in [5.74, 6) is 0.0904. The lowest BCUT2D eigenvalue weighted by atomic mass is 9.96. The summed E-state index contributed by atoms with van der Waals surface area (Å²) in [7, 11) is 0. The third-order valence-corrected chi connectivity index (χ3v) is 4.73. The number of aryl methyl sites for hydroxylation is 1. The van der Waals surface area contributed by atoms with Gasteiger partial charge in [0.25, 0.3) is 11.6 Å². The first-order valence-electron chi connectivity index (χ1n) is 9.55. The van der Waals surface area contributed by atoms with E-state index in [9.17, 15) is 14.9 Å². The Bertz CT molecular complexity index is 972. The highest BCUT2D eigenvalue weighted by atomic mass is 16.6. The van der Waals surface area contributed by atoms with Crippen molar-refractivity contribution < 1.29 is 14.5 Å². The monoisotopic (exact) mass is 409 g/mol. The Morgan fingerprint density at radius 3 is 2.47 bits per heavy atom. The maximum Gasteiger partial charge on any atom is 0.269 e. The number of ether oxygens (including phenoxy) is 1. The zero-order chi connectivity index (χ0) is 21.5. The van der Waals surface area contributed by atoms with Crippen LogP contribution in [0.15, 0.2) is 61.2 Å². The number of amides is 1. The Kier molecular flexibility index (Phi) is 6.74. The van der Waals surface area contributed by atoms with Crippen LogP contribution < -0.4 is 10.1 Å². The number of rotatable bonds is 9. The number of aromatic nitrogens is 3. The number of benzene rings is 2. The summed E-state index contributed by atoms with van der Waals surface area (Å²) in [5.41, 5.74) is 2.12. The van der Waals surface area contributed by atoms with Gasteiger partial charge in [0.15, 0.2) is 6.61 Å². The zero-order valence-corrected chi connectivity index (χ0v) is 16.8. The molecule has 0 fully saturated rings. The van der Waals surface area contributed by atoms with E-state index in [-0.39, 0.29) is 30.3 Å². The molecule has 0 saturated carbocycles. The smallest absolute Gasteiger partial charge is 0.269 e. The third-order valence-electron chi connectivity index (χ3n) is 4.73. The molecule has 0 aliphatic rings. The van der Waals surface area contributed by atoms with Gasteiger partial charge < -0.3 is 10.1 Å². The summed E-state index contributed by atoms with van der Waals surface area (Å²) < 4.78 is 7.20. The first-order chi connectivity index (χ1) is 14.5. The van der Waals surface area contributed by atoms with Crippen molar-refractivity contribution in [1.29, 1.82) is 0 Å². The van der Waals surface area contributed by atoms with Crippen LogP contribution in [-0.4, -0.2) is 38.2 Å². The Labute approximate surface area is 173 Å². The summed E-state index contributed by atoms with van der Waals surface area (Å²) in [4.78, 5) is 26.8. The standard InChI is InChI=1S/C21H23N5O4/c1-3-19(21(25-14-22-13-23-25)16-6-4-15(2)5-7-16)24-20(27)12-30-18-10-8-17(9-11-18)26(28)29/h4-11,13-14,19,21H,3,12H2,1-2H3,(H,24,27)/t19-,21-/m1/s1. The number of nitro benzene ring substituents is 1. The molecule has 0 radical (unpaired) electrons. The van der Waals surface area contributed by atoms with E-state index >= 15 is 0 Å². The molecule has 1 aromatic heterocycles. The van der Waals surface area contributed by atoms with Gasteiger partial charge in [-0.25, -0.2) is 9.67 Å². The highest BCUT2D eigenvalue weighted by molar-refractivity contribution is 5.78. The molecule has 3 aromatic rings. The van der Waals surface area contributed by atoms with Crippen LogP contribution in [0.3, 0.4) is 0 Å². The largest absolute Gasteiger partial charge is 0.484 e. The SMILES string of the molecule is CC[C@@H](NC(=O)COc1ccc([N+](=O)[O-])cc1)[C@@H](c1ccc(C)cc1)n1cncn1. The van der Waals surface area contributed by atoms with E-state index in [4.69, 9.17) is 4.74 Å². The Hall–Kier alpha value is -3.75. The fourth-order valence-corrected chi connectivity index (χ4v) is 3.16. The Balaban J connectivity index is 1.69. The van der Waals surface area contributed by atoms with Gasteiger partial charge in [-0.15, -0.1) is 0 Å². The molecular weight excluding hydrogens is 386 g/mol. The van der Waals surface area contributed by atoms with Crippen LogP contribution in [0.2, 0.25) is 0 Å². The van der Waals surface area contributed by atoms with Gasteiger partial charge in [0.1, 0.15) is 18.4 Å². The summed E-state index contributed by atoms with van der Waals surface area (Å²) in [6.45, 7) is 3.80. The van der Waals surface area contributed by atoms with Crippen LogP contribution in [0.1, 0.15) is 30.5 Å². The normalized spacial score (nSPS) is 12.7. The van der Waals surface area contributed by atoms with E-state index in [1.54, 1.807) is 11.0 Å². The van der Waals surface area contributed by atoms with Gasteiger partial charge in [0, 0.05) is 12.1 Å². The molecule has 1 heterocycles. The number of carbonyl (C=O) groups excluding carboxylic acids is 1. The second-order valence-electron chi connectivity index (χ2n) is 6.85. The fourth-order valence-electron chi connectivity index (χ4n) is 3.16.